The zero-order valence-electron chi connectivity index (χ0n) is 15.9. The Balaban J connectivity index is 1.69. The lowest BCUT2D eigenvalue weighted by atomic mass is 10.1. The van der Waals surface area contributed by atoms with Crippen molar-refractivity contribution in [2.45, 2.75) is 32.4 Å². The molecule has 8 nitrogen and oxygen atoms in total. The standard InChI is InChI=1S/C20H20ClN5O3/c1-13-8-9-16(21)11-17(13)23-19(27)14(2)29-20(28)18(26-12-22-24-25-26)10-15-6-4-3-5-7-15/h3-9,11-12,14,18H,10H2,1-2H3,(H,23,27)/t14-,18-/m1/s1. The van der Waals surface area contributed by atoms with Crippen molar-refractivity contribution in [1.29, 1.82) is 0 Å². The first-order valence-electron chi connectivity index (χ1n) is 8.98. The first-order valence-corrected chi connectivity index (χ1v) is 9.35. The van der Waals surface area contributed by atoms with E-state index in [2.05, 4.69) is 20.8 Å². The van der Waals surface area contributed by atoms with E-state index < -0.39 is 24.0 Å². The van der Waals surface area contributed by atoms with Gasteiger partial charge < -0.3 is 10.1 Å². The molecule has 0 saturated carbocycles. The van der Waals surface area contributed by atoms with Crippen LogP contribution in [0.15, 0.2) is 54.9 Å². The van der Waals surface area contributed by atoms with Crippen molar-refractivity contribution in [3.63, 3.8) is 0 Å². The molecule has 3 aromatic rings. The molecule has 150 valence electrons. The maximum absolute atomic E-state index is 12.8. The average Bonchev–Trinajstić information content (AvgIpc) is 3.24. The van der Waals surface area contributed by atoms with Crippen molar-refractivity contribution < 1.29 is 14.3 Å². The summed E-state index contributed by atoms with van der Waals surface area (Å²) in [6.07, 6.45) is 0.650. The summed E-state index contributed by atoms with van der Waals surface area (Å²) in [6, 6.07) is 13.8. The highest BCUT2D eigenvalue weighted by Crippen LogP contribution is 2.21. The molecule has 0 aliphatic heterocycles. The summed E-state index contributed by atoms with van der Waals surface area (Å²) < 4.78 is 6.73. The molecule has 0 bridgehead atoms. The molecule has 9 heteroatoms. The van der Waals surface area contributed by atoms with Crippen molar-refractivity contribution in [1.82, 2.24) is 20.2 Å². The van der Waals surface area contributed by atoms with Crippen LogP contribution in [0.4, 0.5) is 5.69 Å². The fraction of sp³-hybridized carbons (Fsp3) is 0.250. The normalized spacial score (nSPS) is 12.8. The second kappa shape index (κ2) is 9.29. The Bertz CT molecular complexity index is 979. The number of ether oxygens (including phenoxy) is 1. The lowest BCUT2D eigenvalue weighted by Gasteiger charge is -2.19. The highest BCUT2D eigenvalue weighted by molar-refractivity contribution is 6.31. The number of amides is 1. The van der Waals surface area contributed by atoms with E-state index in [0.717, 1.165) is 11.1 Å². The molecule has 0 radical (unpaired) electrons. The molecular weight excluding hydrogens is 394 g/mol. The van der Waals surface area contributed by atoms with Crippen molar-refractivity contribution in [3.8, 4) is 0 Å². The van der Waals surface area contributed by atoms with Crippen molar-refractivity contribution in [3.05, 3.63) is 71.0 Å². The Morgan fingerprint density at radius 1 is 1.21 bits per heavy atom. The summed E-state index contributed by atoms with van der Waals surface area (Å²) in [7, 11) is 0. The Hall–Kier alpha value is -3.26. The van der Waals surface area contributed by atoms with E-state index >= 15 is 0 Å². The van der Waals surface area contributed by atoms with Gasteiger partial charge in [-0.15, -0.1) is 5.10 Å². The maximum atomic E-state index is 12.8. The molecule has 1 heterocycles. The molecule has 0 aliphatic rings. The van der Waals surface area contributed by atoms with Crippen molar-refractivity contribution in [2.24, 2.45) is 0 Å². The van der Waals surface area contributed by atoms with Crippen LogP contribution in [0.5, 0.6) is 0 Å². The van der Waals surface area contributed by atoms with E-state index in [0.29, 0.717) is 17.1 Å². The van der Waals surface area contributed by atoms with Gasteiger partial charge in [0, 0.05) is 17.1 Å². The van der Waals surface area contributed by atoms with Gasteiger partial charge in [-0.3, -0.25) is 4.79 Å². The molecule has 29 heavy (non-hydrogen) atoms. The molecule has 1 aromatic heterocycles. The van der Waals surface area contributed by atoms with Gasteiger partial charge in [0.2, 0.25) is 0 Å². The number of hydrogen-bond donors (Lipinski definition) is 1. The molecule has 1 N–H and O–H groups in total. The van der Waals surface area contributed by atoms with Gasteiger partial charge in [0.15, 0.2) is 12.1 Å². The molecule has 0 spiro atoms. The lowest BCUT2D eigenvalue weighted by molar-refractivity contribution is -0.156. The Labute approximate surface area is 172 Å². The van der Waals surface area contributed by atoms with Crippen LogP contribution in [-0.4, -0.2) is 38.2 Å². The summed E-state index contributed by atoms with van der Waals surface area (Å²) >= 11 is 5.98. The van der Waals surface area contributed by atoms with E-state index in [4.69, 9.17) is 16.3 Å². The Morgan fingerprint density at radius 2 is 1.97 bits per heavy atom. The number of rotatable bonds is 7. The second-order valence-corrected chi connectivity index (χ2v) is 6.96. The number of anilines is 1. The molecule has 2 aromatic carbocycles. The minimum Gasteiger partial charge on any atom is -0.451 e. The van der Waals surface area contributed by atoms with Crippen LogP contribution in [0.25, 0.3) is 0 Å². The van der Waals surface area contributed by atoms with Gasteiger partial charge in [-0.1, -0.05) is 48.0 Å². The molecule has 1 amide bonds. The van der Waals surface area contributed by atoms with Crippen molar-refractivity contribution in [2.75, 3.05) is 5.32 Å². The number of aryl methyl sites for hydroxylation is 1. The SMILES string of the molecule is Cc1ccc(Cl)cc1NC(=O)[C@@H](C)OC(=O)[C@@H](Cc1ccccc1)n1cnnn1. The van der Waals surface area contributed by atoms with Gasteiger partial charge in [0.25, 0.3) is 5.91 Å². The first-order chi connectivity index (χ1) is 13.9. The largest absolute Gasteiger partial charge is 0.451 e. The van der Waals surface area contributed by atoms with Crippen LogP contribution < -0.4 is 5.32 Å². The number of nitrogens with zero attached hydrogens (tertiary/aromatic N) is 4. The number of esters is 1. The molecule has 0 fully saturated rings. The predicted octanol–water partition coefficient (Wildman–Crippen LogP) is 2.99. The quantitative estimate of drug-likeness (QED) is 0.598. The summed E-state index contributed by atoms with van der Waals surface area (Å²) in [6.45, 7) is 3.35. The summed E-state index contributed by atoms with van der Waals surface area (Å²) in [5.74, 6) is -1.06. The smallest absolute Gasteiger partial charge is 0.332 e. The first kappa shape index (κ1) is 20.5. The van der Waals surface area contributed by atoms with Gasteiger partial charge >= 0.3 is 5.97 Å². The average molecular weight is 414 g/mol. The van der Waals surface area contributed by atoms with Crippen LogP contribution in [0.3, 0.4) is 0 Å². The van der Waals surface area contributed by atoms with E-state index in [9.17, 15) is 9.59 Å². The molecule has 0 unspecified atom stereocenters. The van der Waals surface area contributed by atoms with Crippen LogP contribution in [0, 0.1) is 6.92 Å². The van der Waals surface area contributed by atoms with Crippen LogP contribution in [-0.2, 0) is 20.7 Å². The maximum Gasteiger partial charge on any atom is 0.332 e. The van der Waals surface area contributed by atoms with Gasteiger partial charge in [-0.05, 0) is 47.5 Å². The highest BCUT2D eigenvalue weighted by Gasteiger charge is 2.28. The molecule has 2 atom stereocenters. The second-order valence-electron chi connectivity index (χ2n) is 6.52. The summed E-state index contributed by atoms with van der Waals surface area (Å²) in [5.41, 5.74) is 2.32. The number of aromatic nitrogens is 4. The Kier molecular flexibility index (Phi) is 6.56. The fourth-order valence-corrected chi connectivity index (χ4v) is 2.88. The summed E-state index contributed by atoms with van der Waals surface area (Å²) in [5, 5.41) is 14.2. The zero-order chi connectivity index (χ0) is 20.8. The van der Waals surface area contributed by atoms with Gasteiger partial charge in [-0.25, -0.2) is 9.48 Å². The van der Waals surface area contributed by atoms with E-state index in [1.807, 2.05) is 37.3 Å². The zero-order valence-corrected chi connectivity index (χ0v) is 16.7. The lowest BCUT2D eigenvalue weighted by Crippen LogP contribution is -2.34. The number of tetrazole rings is 1. The minimum absolute atomic E-state index is 0.326. The van der Waals surface area contributed by atoms with E-state index in [-0.39, 0.29) is 0 Å². The number of benzene rings is 2. The summed E-state index contributed by atoms with van der Waals surface area (Å²) in [4.78, 5) is 25.3. The Morgan fingerprint density at radius 3 is 2.66 bits per heavy atom. The number of carbonyl (C=O) groups is 2. The van der Waals surface area contributed by atoms with Crippen molar-refractivity contribution >= 4 is 29.2 Å². The van der Waals surface area contributed by atoms with Crippen LogP contribution in [0.2, 0.25) is 5.02 Å². The number of halogens is 1. The number of hydrogen-bond acceptors (Lipinski definition) is 6. The fourth-order valence-electron chi connectivity index (χ4n) is 2.70. The molecule has 3 rings (SSSR count). The van der Waals surface area contributed by atoms with Gasteiger partial charge in [0.05, 0.1) is 0 Å². The van der Waals surface area contributed by atoms with E-state index in [1.165, 1.54) is 17.9 Å². The van der Waals surface area contributed by atoms with Gasteiger partial charge in [-0.2, -0.15) is 0 Å². The van der Waals surface area contributed by atoms with Crippen LogP contribution >= 0.6 is 11.6 Å². The monoisotopic (exact) mass is 413 g/mol. The van der Waals surface area contributed by atoms with Crippen LogP contribution in [0.1, 0.15) is 24.1 Å². The third kappa shape index (κ3) is 5.39. The highest BCUT2D eigenvalue weighted by atomic mass is 35.5. The predicted molar refractivity (Wildman–Crippen MR) is 107 cm³/mol. The third-order valence-corrected chi connectivity index (χ3v) is 4.58. The van der Waals surface area contributed by atoms with Gasteiger partial charge in [0.1, 0.15) is 6.33 Å². The molecular formula is C20H20ClN5O3. The number of nitrogens with one attached hydrogen (secondary N) is 1. The number of carbonyl (C=O) groups excluding carboxylic acids is 2. The molecule has 0 aliphatic carbocycles. The topological polar surface area (TPSA) is 99.0 Å². The molecule has 0 saturated heterocycles. The van der Waals surface area contributed by atoms with E-state index in [1.54, 1.807) is 18.2 Å². The third-order valence-electron chi connectivity index (χ3n) is 4.35. The minimum atomic E-state index is -1.02.